The average molecular weight is 1600 g/mol. The number of halogens is 4. The van der Waals surface area contributed by atoms with Crippen molar-refractivity contribution in [3.8, 4) is 23.0 Å². The van der Waals surface area contributed by atoms with E-state index < -0.39 is 56.5 Å². The Morgan fingerprint density at radius 3 is 1.21 bits per heavy atom. The summed E-state index contributed by atoms with van der Waals surface area (Å²) in [7, 11) is 5.74. The lowest BCUT2D eigenvalue weighted by Crippen LogP contribution is -2.44. The van der Waals surface area contributed by atoms with Crippen LogP contribution < -0.4 is 63.9 Å². The molecule has 0 bridgehead atoms. The molecule has 30 nitrogen and oxygen atoms in total. The molecule has 0 radical (unpaired) electrons. The van der Waals surface area contributed by atoms with Crippen molar-refractivity contribution in [3.63, 3.8) is 0 Å². The number of nitrogens with two attached hydrogens (primary N) is 1. The molecular formula is C71H100Cl4N14O16Si2. The number of morpholine rings is 2. The number of anilines is 11. The van der Waals surface area contributed by atoms with E-state index in [1.54, 1.807) is 59.7 Å². The van der Waals surface area contributed by atoms with Gasteiger partial charge in [-0.05, 0) is 84.0 Å². The predicted molar refractivity (Wildman–Crippen MR) is 427 cm³/mol. The molecule has 0 aliphatic carbocycles. The molecule has 8 rings (SSSR count). The summed E-state index contributed by atoms with van der Waals surface area (Å²) in [5, 5.41) is 12.8. The van der Waals surface area contributed by atoms with Gasteiger partial charge in [-0.3, -0.25) is 29.7 Å². The molecule has 2 saturated heterocycles. The third kappa shape index (κ3) is 23.3. The first-order chi connectivity index (χ1) is 49.8. The van der Waals surface area contributed by atoms with E-state index in [9.17, 15) is 29.3 Å². The molecular weight excluding hydrogens is 1500 g/mol. The van der Waals surface area contributed by atoms with Gasteiger partial charge in [-0.25, -0.2) is 48.9 Å². The van der Waals surface area contributed by atoms with Crippen LogP contribution in [0.25, 0.3) is 0 Å². The molecule has 2 aromatic heterocycles. The van der Waals surface area contributed by atoms with Crippen LogP contribution in [-0.4, -0.2) is 198 Å². The molecule has 6 aromatic rings. The second kappa shape index (κ2) is 38.1. The maximum atomic E-state index is 14.5. The molecule has 586 valence electrons. The number of benzene rings is 4. The van der Waals surface area contributed by atoms with Crippen LogP contribution in [0.15, 0.2) is 73.3 Å². The summed E-state index contributed by atoms with van der Waals surface area (Å²) < 4.78 is 56.3. The van der Waals surface area contributed by atoms with Crippen molar-refractivity contribution < 1.29 is 71.5 Å². The van der Waals surface area contributed by atoms with Gasteiger partial charge in [-0.15, -0.1) is 0 Å². The molecule has 4 aromatic carbocycles. The van der Waals surface area contributed by atoms with Gasteiger partial charge < -0.3 is 62.9 Å². The third-order valence-electron chi connectivity index (χ3n) is 16.1. The van der Waals surface area contributed by atoms with Crippen molar-refractivity contribution in [1.82, 2.24) is 19.9 Å². The molecule has 0 spiro atoms. The smallest absolute Gasteiger partial charge is 0.420 e. The average Bonchev–Trinajstić information content (AvgIpc) is 0.632. The molecule has 0 saturated carbocycles. The van der Waals surface area contributed by atoms with Crippen molar-refractivity contribution in [2.24, 2.45) is 0 Å². The van der Waals surface area contributed by atoms with Gasteiger partial charge in [-0.2, -0.15) is 0 Å². The Bertz CT molecular complexity index is 4030. The second-order valence-electron chi connectivity index (χ2n) is 28.7. The Morgan fingerprint density at radius 1 is 0.542 bits per heavy atom. The van der Waals surface area contributed by atoms with Crippen LogP contribution in [0.2, 0.25) is 71.5 Å². The highest BCUT2D eigenvalue weighted by molar-refractivity contribution is 6.76. The van der Waals surface area contributed by atoms with Crippen LogP contribution in [0.3, 0.4) is 0 Å². The van der Waals surface area contributed by atoms with Crippen molar-refractivity contribution in [3.05, 3.63) is 104 Å². The Morgan fingerprint density at radius 2 is 0.879 bits per heavy atom. The lowest BCUT2D eigenvalue weighted by atomic mass is 10.2. The number of ether oxygens (including phenoxy) is 10. The van der Waals surface area contributed by atoms with Crippen LogP contribution in [0.5, 0.6) is 23.0 Å². The van der Waals surface area contributed by atoms with Gasteiger partial charge in [0.2, 0.25) is 0 Å². The minimum Gasteiger partial charge on any atom is -0.495 e. The van der Waals surface area contributed by atoms with E-state index in [2.05, 4.69) is 64.1 Å². The number of methoxy groups -OCH3 is 4. The number of urea groups is 2. The Labute approximate surface area is 648 Å². The number of carbonyl (C=O) groups excluding carboxylic acids is 4. The lowest BCUT2D eigenvalue weighted by molar-refractivity contribution is -0.384. The van der Waals surface area contributed by atoms with Crippen molar-refractivity contribution in [2.75, 3.05) is 167 Å². The zero-order valence-corrected chi connectivity index (χ0v) is 68.3. The van der Waals surface area contributed by atoms with Gasteiger partial charge in [0.1, 0.15) is 109 Å². The van der Waals surface area contributed by atoms with Crippen LogP contribution >= 0.6 is 46.4 Å². The lowest BCUT2D eigenvalue weighted by Gasteiger charge is -2.31. The van der Waals surface area contributed by atoms with Gasteiger partial charge in [0, 0.05) is 111 Å². The Kier molecular flexibility index (Phi) is 31.1. The first-order valence-corrected chi connectivity index (χ1v) is 42.7. The van der Waals surface area contributed by atoms with Gasteiger partial charge in [0.15, 0.2) is 0 Å². The van der Waals surface area contributed by atoms with E-state index in [1.807, 2.05) is 11.0 Å². The molecule has 2 fully saturated rings. The normalized spacial score (nSPS) is 13.2. The van der Waals surface area contributed by atoms with Crippen molar-refractivity contribution >= 4 is 156 Å². The largest absolute Gasteiger partial charge is 0.495 e. The van der Waals surface area contributed by atoms with Crippen molar-refractivity contribution in [1.29, 1.82) is 0 Å². The van der Waals surface area contributed by atoms with E-state index in [4.69, 9.17) is 99.5 Å². The van der Waals surface area contributed by atoms with E-state index in [-0.39, 0.29) is 110 Å². The fraction of sp³-hybridized carbons (Fsp3) is 0.493. The number of hydrogen-bond donors (Lipinski definition) is 1. The monoisotopic (exact) mass is 1600 g/mol. The fourth-order valence-electron chi connectivity index (χ4n) is 10.4. The molecule has 36 heteroatoms. The summed E-state index contributed by atoms with van der Waals surface area (Å²) in [5.74, 6) is 1.06. The number of nitrogen functional groups attached to an aromatic ring is 1. The zero-order chi connectivity index (χ0) is 78.3. The minimum absolute atomic E-state index is 0. The number of nitro groups is 1. The molecule has 2 aliphatic rings. The van der Waals surface area contributed by atoms with Crippen LogP contribution in [0, 0.1) is 10.1 Å². The predicted octanol–water partition coefficient (Wildman–Crippen LogP) is 16.3. The summed E-state index contributed by atoms with van der Waals surface area (Å²) in [6.07, 6.45) is 0.704. The number of nitro benzene ring substituents is 1. The van der Waals surface area contributed by atoms with E-state index in [0.717, 1.165) is 29.0 Å². The quantitative estimate of drug-likeness (QED) is 0.0139. The molecule has 107 heavy (non-hydrogen) atoms. The SMILES string of the molecule is C.COc1cc(OC)c(Cl)c(N(COCC[Si](C)(C)C)C(=O)N(C)c2cc(N(C(=O)OC(C)(C)C)c3ccc(N4CCOCC4)cc3N)ncn2)c1Cl.COc1cc(OC)c(Cl)c(N(COCC[Si](C)(C)C)C(=O)N(C)c2cc(N(C(=O)OC(C)(C)C)c3ccc(N4CCOCC4)cc3[N+](=O)[O-])ncn2)c1Cl. The van der Waals surface area contributed by atoms with Gasteiger partial charge >= 0.3 is 24.2 Å². The fourth-order valence-corrected chi connectivity index (χ4v) is 13.4. The van der Waals surface area contributed by atoms with Crippen LogP contribution in [0.1, 0.15) is 49.0 Å². The highest BCUT2D eigenvalue weighted by Gasteiger charge is 2.37. The molecule has 2 N–H and O–H groups in total. The maximum absolute atomic E-state index is 14.5. The summed E-state index contributed by atoms with van der Waals surface area (Å²) >= 11 is 27.1. The first kappa shape index (κ1) is 87.5. The molecule has 6 amide bonds. The number of carbonyl (C=O) groups is 4. The number of aromatic nitrogens is 4. The van der Waals surface area contributed by atoms with Crippen LogP contribution in [-0.2, 0) is 28.4 Å². The van der Waals surface area contributed by atoms with Crippen LogP contribution in [0.4, 0.5) is 87.9 Å². The highest BCUT2D eigenvalue weighted by Crippen LogP contribution is 2.49. The number of amides is 6. The molecule has 0 atom stereocenters. The highest BCUT2D eigenvalue weighted by atomic mass is 35.5. The summed E-state index contributed by atoms with van der Waals surface area (Å²) in [5.41, 5.74) is 6.63. The summed E-state index contributed by atoms with van der Waals surface area (Å²) in [6, 6.07) is 16.2. The Hall–Kier alpha value is -8.45. The minimum atomic E-state index is -1.49. The van der Waals surface area contributed by atoms with Gasteiger partial charge in [-0.1, -0.05) is 93.1 Å². The van der Waals surface area contributed by atoms with E-state index in [1.165, 1.54) is 110 Å². The first-order valence-electron chi connectivity index (χ1n) is 33.8. The van der Waals surface area contributed by atoms with Gasteiger partial charge in [0.05, 0.1) is 82.5 Å². The maximum Gasteiger partial charge on any atom is 0.420 e. The molecule has 4 heterocycles. The number of hydrogen-bond acceptors (Lipinski definition) is 23. The van der Waals surface area contributed by atoms with Gasteiger partial charge in [0.25, 0.3) is 5.69 Å². The van der Waals surface area contributed by atoms with E-state index >= 15 is 0 Å². The second-order valence-corrected chi connectivity index (χ2v) is 41.5. The topological polar surface area (TPSA) is 307 Å². The zero-order valence-electron chi connectivity index (χ0n) is 63.3. The Balaban J connectivity index is 0.000000332. The summed E-state index contributed by atoms with van der Waals surface area (Å²) in [6.45, 7) is 28.6. The summed E-state index contributed by atoms with van der Waals surface area (Å²) in [4.78, 5) is 97.2. The molecule has 2 aliphatic heterocycles. The number of rotatable bonds is 25. The standard InChI is InChI=1S/C35H47Cl2N7O9Si.C35H49Cl2N7O7Si.CH4/c1-35(2,3)53-34(46)43(24-11-10-23(18-25(24)44(47)48)41-12-14-51-15-13-41)29-20-28(38-21-39-29)40(4)33(45)42(22-52-16-17-54(7,8)9)32-30(36)26(49-5)19-27(50-6)31(32)37;1-35(2,3)51-34(46)44(25-11-10-23(18-24(25)38)42-12-14-49-15-13-42)29-20-28(39-21-40-29)41(4)33(45)43(22-50-16-17-52(7,8)9)32-30(36)26(47-5)19-27(48-6)31(32)37;/h10-11,18-21H,12-17,22H2,1-9H3;10-11,18-21H,12-17,22,38H2,1-9H3;1H4. The third-order valence-corrected chi connectivity index (χ3v) is 21.0. The van der Waals surface area contributed by atoms with Crippen molar-refractivity contribution in [2.45, 2.75) is 112 Å². The molecule has 0 unspecified atom stereocenters. The number of nitrogens with zero attached hydrogens (tertiary/aromatic N) is 13. The van der Waals surface area contributed by atoms with E-state index in [0.29, 0.717) is 82.9 Å².